The zero-order chi connectivity index (χ0) is 23.2. The summed E-state index contributed by atoms with van der Waals surface area (Å²) in [6.45, 7) is 1.46. The zero-order valence-electron chi connectivity index (χ0n) is 17.9. The second-order valence-electron chi connectivity index (χ2n) is 8.56. The second kappa shape index (κ2) is 8.48. The number of rotatable bonds is 4. The summed E-state index contributed by atoms with van der Waals surface area (Å²) in [7, 11) is 0. The minimum Gasteiger partial charge on any atom is -0.382 e. The zero-order valence-corrected chi connectivity index (χ0v) is 19.4. The van der Waals surface area contributed by atoms with Crippen molar-refractivity contribution in [2.24, 2.45) is 16.9 Å². The molecule has 0 bridgehead atoms. The molecule has 1 amide bonds. The van der Waals surface area contributed by atoms with E-state index in [2.05, 4.69) is 44.1 Å². The second-order valence-corrected chi connectivity index (χ2v) is 10.00. The minimum atomic E-state index is -0.620. The number of hydrogen-bond acceptors (Lipinski definition) is 8. The fraction of sp³-hybridized carbons (Fsp3) is 0.304. The molecule has 0 saturated carbocycles. The molecule has 8 nitrogen and oxygen atoms in total. The molecular formula is C23H24ClN7OS. The molecule has 3 heterocycles. The highest BCUT2D eigenvalue weighted by Gasteiger charge is 2.46. The summed E-state index contributed by atoms with van der Waals surface area (Å²) < 4.78 is 0. The smallest absolute Gasteiger partial charge is 0.271 e. The molecule has 1 aromatic carbocycles. The molecule has 6 N–H and O–H groups in total. The molecule has 3 aromatic rings. The van der Waals surface area contributed by atoms with Gasteiger partial charge in [-0.15, -0.1) is 0 Å². The van der Waals surface area contributed by atoms with E-state index in [1.807, 2.05) is 0 Å². The molecule has 2 aromatic heterocycles. The van der Waals surface area contributed by atoms with Crippen molar-refractivity contribution in [2.75, 3.05) is 23.7 Å². The van der Waals surface area contributed by atoms with Crippen LogP contribution in [0.3, 0.4) is 0 Å². The number of fused-ring (bicyclic) bond motifs is 1. The number of nitrogen functional groups attached to an aromatic ring is 1. The summed E-state index contributed by atoms with van der Waals surface area (Å²) in [4.78, 5) is 28.0. The highest BCUT2D eigenvalue weighted by molar-refractivity contribution is 7.99. The van der Waals surface area contributed by atoms with E-state index in [-0.39, 0.29) is 23.0 Å². The van der Waals surface area contributed by atoms with Gasteiger partial charge in [0.1, 0.15) is 10.8 Å². The summed E-state index contributed by atoms with van der Waals surface area (Å²) in [5, 5.41) is 0.839. The van der Waals surface area contributed by atoms with E-state index in [9.17, 15) is 4.79 Å². The van der Waals surface area contributed by atoms with Crippen LogP contribution in [0.1, 0.15) is 40.5 Å². The van der Waals surface area contributed by atoms with Gasteiger partial charge in [-0.05, 0) is 41.9 Å². The van der Waals surface area contributed by atoms with Crippen molar-refractivity contribution in [2.45, 2.75) is 35.2 Å². The first-order valence-corrected chi connectivity index (χ1v) is 11.9. The van der Waals surface area contributed by atoms with Crippen LogP contribution in [0.25, 0.3) is 0 Å². The monoisotopic (exact) mass is 481 g/mol. The predicted octanol–water partition coefficient (Wildman–Crippen LogP) is 3.20. The number of pyridine rings is 1. The number of aromatic nitrogens is 3. The Morgan fingerprint density at radius 1 is 1.18 bits per heavy atom. The van der Waals surface area contributed by atoms with Crippen molar-refractivity contribution in [1.29, 1.82) is 0 Å². The average molecular weight is 482 g/mol. The molecule has 1 fully saturated rings. The Labute approximate surface area is 200 Å². The lowest BCUT2D eigenvalue weighted by molar-refractivity contribution is 0.0994. The first-order valence-electron chi connectivity index (χ1n) is 10.7. The molecular weight excluding hydrogens is 458 g/mol. The molecule has 170 valence electrons. The van der Waals surface area contributed by atoms with Crippen LogP contribution >= 0.6 is 23.4 Å². The molecule has 1 spiro atoms. The Hall–Kier alpha value is -2.88. The molecule has 10 heteroatoms. The van der Waals surface area contributed by atoms with E-state index < -0.39 is 5.91 Å². The van der Waals surface area contributed by atoms with Crippen LogP contribution in [0.15, 0.2) is 52.6 Å². The standard InChI is InChI=1S/C23H24ClN7OS/c24-17-15(5-8-28-20(17)26)33-16-12-29-22(18(30-16)21(27)32)31-9-6-23(7-10-31)11-13-3-1-2-4-14(13)19(23)25/h1-5,8,12,19H,6-7,9-11,25H2,(H2,26,28)(H2,27,32). The van der Waals surface area contributed by atoms with Crippen LogP contribution in [-0.2, 0) is 6.42 Å². The topological polar surface area (TPSA) is 137 Å². The Morgan fingerprint density at radius 2 is 1.94 bits per heavy atom. The molecule has 1 saturated heterocycles. The lowest BCUT2D eigenvalue weighted by atomic mass is 9.73. The van der Waals surface area contributed by atoms with Crippen molar-refractivity contribution in [3.63, 3.8) is 0 Å². The van der Waals surface area contributed by atoms with E-state index in [0.717, 1.165) is 32.4 Å². The average Bonchev–Trinajstić information content (AvgIpc) is 3.09. The van der Waals surface area contributed by atoms with E-state index in [1.54, 1.807) is 18.5 Å². The fourth-order valence-corrected chi connectivity index (χ4v) is 5.93. The van der Waals surface area contributed by atoms with Crippen molar-refractivity contribution in [3.05, 3.63) is 64.6 Å². The molecule has 1 aliphatic heterocycles. The highest BCUT2D eigenvalue weighted by atomic mass is 35.5. The van der Waals surface area contributed by atoms with Gasteiger partial charge in [-0.1, -0.05) is 47.6 Å². The van der Waals surface area contributed by atoms with Crippen LogP contribution in [0.2, 0.25) is 5.02 Å². The molecule has 1 atom stereocenters. The first kappa shape index (κ1) is 21.9. The number of nitrogens with two attached hydrogens (primary N) is 3. The fourth-order valence-electron chi connectivity index (χ4n) is 4.91. The molecule has 0 radical (unpaired) electrons. The van der Waals surface area contributed by atoms with E-state index in [4.69, 9.17) is 28.8 Å². The highest BCUT2D eigenvalue weighted by Crippen LogP contribution is 2.51. The van der Waals surface area contributed by atoms with Gasteiger partial charge in [0.05, 0.1) is 11.2 Å². The van der Waals surface area contributed by atoms with E-state index in [1.165, 1.54) is 22.9 Å². The maximum Gasteiger partial charge on any atom is 0.271 e. The maximum atomic E-state index is 12.2. The van der Waals surface area contributed by atoms with Gasteiger partial charge in [0.15, 0.2) is 11.5 Å². The SMILES string of the molecule is NC(=O)c1nc(Sc2ccnc(N)c2Cl)cnc1N1CCC2(CC1)Cc1ccccc1C2N. The molecule has 1 unspecified atom stereocenters. The van der Waals surface area contributed by atoms with Crippen LogP contribution < -0.4 is 22.1 Å². The molecule has 33 heavy (non-hydrogen) atoms. The molecule has 2 aliphatic rings. The number of primary amides is 1. The summed E-state index contributed by atoms with van der Waals surface area (Å²) in [6.07, 6.45) is 5.99. The molecule has 1 aliphatic carbocycles. The van der Waals surface area contributed by atoms with E-state index >= 15 is 0 Å². The van der Waals surface area contributed by atoms with E-state index in [0.29, 0.717) is 20.8 Å². The van der Waals surface area contributed by atoms with Gasteiger partial charge in [0, 0.05) is 30.2 Å². The number of carbonyl (C=O) groups is 1. The third kappa shape index (κ3) is 3.90. The van der Waals surface area contributed by atoms with Gasteiger partial charge in [-0.25, -0.2) is 15.0 Å². The van der Waals surface area contributed by atoms with Gasteiger partial charge >= 0.3 is 0 Å². The van der Waals surface area contributed by atoms with Crippen molar-refractivity contribution < 1.29 is 4.79 Å². The van der Waals surface area contributed by atoms with Crippen molar-refractivity contribution in [1.82, 2.24) is 15.0 Å². The Morgan fingerprint density at radius 3 is 2.67 bits per heavy atom. The summed E-state index contributed by atoms with van der Waals surface area (Å²) >= 11 is 7.49. The summed E-state index contributed by atoms with van der Waals surface area (Å²) in [6, 6.07) is 10.2. The van der Waals surface area contributed by atoms with Crippen molar-refractivity contribution in [3.8, 4) is 0 Å². The number of carbonyl (C=O) groups excluding carboxylic acids is 1. The predicted molar refractivity (Wildman–Crippen MR) is 129 cm³/mol. The van der Waals surface area contributed by atoms with Gasteiger partial charge < -0.3 is 22.1 Å². The van der Waals surface area contributed by atoms with Crippen LogP contribution in [0.4, 0.5) is 11.6 Å². The van der Waals surface area contributed by atoms with Crippen LogP contribution in [0.5, 0.6) is 0 Å². The third-order valence-electron chi connectivity index (χ3n) is 6.71. The maximum absolute atomic E-state index is 12.2. The number of anilines is 2. The minimum absolute atomic E-state index is 0.0221. The number of piperidine rings is 1. The van der Waals surface area contributed by atoms with Crippen molar-refractivity contribution >= 4 is 40.9 Å². The first-order chi connectivity index (χ1) is 15.9. The number of amides is 1. The lowest BCUT2D eigenvalue weighted by Crippen LogP contribution is -2.45. The normalized spacial score (nSPS) is 19.0. The summed E-state index contributed by atoms with van der Waals surface area (Å²) in [5.41, 5.74) is 20.9. The largest absolute Gasteiger partial charge is 0.382 e. The number of nitrogens with zero attached hydrogens (tertiary/aromatic N) is 4. The van der Waals surface area contributed by atoms with Crippen LogP contribution in [0, 0.1) is 5.41 Å². The lowest BCUT2D eigenvalue weighted by Gasteiger charge is -2.42. The number of benzene rings is 1. The van der Waals surface area contributed by atoms with Gasteiger partial charge in [0.25, 0.3) is 5.91 Å². The number of halogens is 1. The third-order valence-corrected chi connectivity index (χ3v) is 8.19. The van der Waals surface area contributed by atoms with Gasteiger partial charge in [0.2, 0.25) is 0 Å². The molecule has 5 rings (SSSR count). The summed E-state index contributed by atoms with van der Waals surface area (Å²) in [5.74, 6) is 0.118. The van der Waals surface area contributed by atoms with Crippen LogP contribution in [-0.4, -0.2) is 33.9 Å². The Bertz CT molecular complexity index is 1230. The number of hydrogen-bond donors (Lipinski definition) is 3. The Balaban J connectivity index is 1.36. The van der Waals surface area contributed by atoms with Gasteiger partial charge in [-0.2, -0.15) is 0 Å². The Kier molecular flexibility index (Phi) is 5.64. The van der Waals surface area contributed by atoms with Gasteiger partial charge in [-0.3, -0.25) is 4.79 Å². The quantitative estimate of drug-likeness (QED) is 0.516.